The van der Waals surface area contributed by atoms with Crippen LogP contribution in [0.4, 0.5) is 0 Å². The van der Waals surface area contributed by atoms with E-state index in [1.807, 2.05) is 39.0 Å². The van der Waals surface area contributed by atoms with E-state index in [1.54, 1.807) is 0 Å². The lowest BCUT2D eigenvalue weighted by Crippen LogP contribution is -2.29. The van der Waals surface area contributed by atoms with Gasteiger partial charge in [-0.25, -0.2) is 0 Å². The number of hydrogen-bond acceptors (Lipinski definition) is 3. The zero-order valence-electron chi connectivity index (χ0n) is 11.5. The van der Waals surface area contributed by atoms with Gasteiger partial charge < -0.3 is 10.5 Å². The highest BCUT2D eigenvalue weighted by Crippen LogP contribution is 2.16. The zero-order valence-corrected chi connectivity index (χ0v) is 11.5. The van der Waals surface area contributed by atoms with Crippen molar-refractivity contribution in [1.29, 1.82) is 0 Å². The Kier molecular flexibility index (Phi) is 5.35. The number of carbonyl (C=O) groups excluding carboxylic acids is 1. The molecule has 3 nitrogen and oxygen atoms in total. The van der Waals surface area contributed by atoms with Crippen LogP contribution < -0.4 is 5.73 Å². The van der Waals surface area contributed by atoms with Crippen molar-refractivity contribution in [2.75, 3.05) is 13.2 Å². The van der Waals surface area contributed by atoms with E-state index in [1.165, 1.54) is 5.56 Å². The molecule has 0 saturated carbocycles. The molecule has 0 bridgehead atoms. The summed E-state index contributed by atoms with van der Waals surface area (Å²) in [6.45, 7) is 6.46. The minimum absolute atomic E-state index is 0.172. The maximum Gasteiger partial charge on any atom is 0.311 e. The highest BCUT2D eigenvalue weighted by Gasteiger charge is 2.24. The number of benzene rings is 1. The standard InChI is InChI=1S/C15H23NO2/c1-15(2,3)14(17)18-11-13(10-16)9-12-7-5-4-6-8-12/h4-8,13H,9-11,16H2,1-3H3/t13-/m1/s1. The summed E-state index contributed by atoms with van der Waals surface area (Å²) in [7, 11) is 0. The summed E-state index contributed by atoms with van der Waals surface area (Å²) in [5.41, 5.74) is 6.49. The lowest BCUT2D eigenvalue weighted by Gasteiger charge is -2.20. The Morgan fingerprint density at radius 1 is 1.28 bits per heavy atom. The largest absolute Gasteiger partial charge is 0.465 e. The second-order valence-electron chi connectivity index (χ2n) is 5.64. The molecule has 0 fully saturated rings. The van der Waals surface area contributed by atoms with Gasteiger partial charge in [0, 0.05) is 5.92 Å². The molecular formula is C15H23NO2. The van der Waals surface area contributed by atoms with Crippen LogP contribution in [0, 0.1) is 11.3 Å². The van der Waals surface area contributed by atoms with Gasteiger partial charge in [0.15, 0.2) is 0 Å². The molecule has 1 aromatic carbocycles. The minimum atomic E-state index is -0.452. The molecule has 0 unspecified atom stereocenters. The first-order valence-corrected chi connectivity index (χ1v) is 6.34. The molecule has 0 aliphatic carbocycles. The molecule has 1 rings (SSSR count). The molecule has 1 aromatic rings. The average Bonchev–Trinajstić information content (AvgIpc) is 2.34. The zero-order chi connectivity index (χ0) is 13.6. The summed E-state index contributed by atoms with van der Waals surface area (Å²) < 4.78 is 5.31. The molecule has 0 spiro atoms. The number of rotatable bonds is 5. The Morgan fingerprint density at radius 3 is 2.39 bits per heavy atom. The van der Waals surface area contributed by atoms with Gasteiger partial charge in [0.1, 0.15) is 0 Å². The Balaban J connectivity index is 2.46. The summed E-state index contributed by atoms with van der Waals surface area (Å²) in [6, 6.07) is 10.1. The van der Waals surface area contributed by atoms with Gasteiger partial charge in [-0.1, -0.05) is 30.3 Å². The molecule has 0 saturated heterocycles. The maximum absolute atomic E-state index is 11.7. The third kappa shape index (κ3) is 4.88. The van der Waals surface area contributed by atoms with Gasteiger partial charge in [0.05, 0.1) is 12.0 Å². The number of hydrogen-bond donors (Lipinski definition) is 1. The summed E-state index contributed by atoms with van der Waals surface area (Å²) in [5.74, 6) is 0.00714. The van der Waals surface area contributed by atoms with Crippen LogP contribution in [0.3, 0.4) is 0 Å². The third-order valence-electron chi connectivity index (χ3n) is 2.76. The predicted octanol–water partition coefficient (Wildman–Crippen LogP) is 2.39. The number of carbonyl (C=O) groups is 1. The molecule has 0 heterocycles. The molecule has 0 aliphatic rings. The van der Waals surface area contributed by atoms with Crippen LogP contribution in [0.25, 0.3) is 0 Å². The normalized spacial score (nSPS) is 13.1. The van der Waals surface area contributed by atoms with E-state index in [4.69, 9.17) is 10.5 Å². The van der Waals surface area contributed by atoms with E-state index in [0.29, 0.717) is 13.2 Å². The van der Waals surface area contributed by atoms with Crippen LogP contribution >= 0.6 is 0 Å². The Bertz CT molecular complexity index is 368. The summed E-state index contributed by atoms with van der Waals surface area (Å²) in [6.07, 6.45) is 0.842. The molecule has 100 valence electrons. The second kappa shape index (κ2) is 6.55. The van der Waals surface area contributed by atoms with Gasteiger partial charge in [0.2, 0.25) is 0 Å². The summed E-state index contributed by atoms with van der Waals surface area (Å²) in [4.78, 5) is 11.7. The molecule has 3 heteroatoms. The first-order valence-electron chi connectivity index (χ1n) is 6.34. The highest BCUT2D eigenvalue weighted by atomic mass is 16.5. The van der Waals surface area contributed by atoms with E-state index in [-0.39, 0.29) is 11.9 Å². The van der Waals surface area contributed by atoms with Crippen molar-refractivity contribution in [3.63, 3.8) is 0 Å². The van der Waals surface area contributed by atoms with Crippen molar-refractivity contribution < 1.29 is 9.53 Å². The fourth-order valence-corrected chi connectivity index (χ4v) is 1.57. The van der Waals surface area contributed by atoms with Crippen LogP contribution in [0.5, 0.6) is 0 Å². The highest BCUT2D eigenvalue weighted by molar-refractivity contribution is 5.75. The predicted molar refractivity (Wildman–Crippen MR) is 73.1 cm³/mol. The van der Waals surface area contributed by atoms with Crippen molar-refractivity contribution in [1.82, 2.24) is 0 Å². The maximum atomic E-state index is 11.7. The number of ether oxygens (including phenoxy) is 1. The van der Waals surface area contributed by atoms with Crippen LogP contribution in [-0.4, -0.2) is 19.1 Å². The van der Waals surface area contributed by atoms with Gasteiger partial charge >= 0.3 is 5.97 Å². The quantitative estimate of drug-likeness (QED) is 0.815. The van der Waals surface area contributed by atoms with E-state index >= 15 is 0 Å². The molecule has 0 radical (unpaired) electrons. The summed E-state index contributed by atoms with van der Waals surface area (Å²) >= 11 is 0. The molecule has 18 heavy (non-hydrogen) atoms. The minimum Gasteiger partial charge on any atom is -0.465 e. The Hall–Kier alpha value is -1.35. The average molecular weight is 249 g/mol. The smallest absolute Gasteiger partial charge is 0.311 e. The van der Waals surface area contributed by atoms with Gasteiger partial charge in [-0.05, 0) is 39.3 Å². The number of esters is 1. The second-order valence-corrected chi connectivity index (χ2v) is 5.64. The topological polar surface area (TPSA) is 52.3 Å². The van der Waals surface area contributed by atoms with Gasteiger partial charge in [-0.2, -0.15) is 0 Å². The lowest BCUT2D eigenvalue weighted by molar-refractivity contribution is -0.154. The van der Waals surface area contributed by atoms with Crippen molar-refractivity contribution in [2.24, 2.45) is 17.1 Å². The first-order chi connectivity index (χ1) is 8.43. The van der Waals surface area contributed by atoms with Gasteiger partial charge in [0.25, 0.3) is 0 Å². The number of nitrogens with two attached hydrogens (primary N) is 1. The molecule has 0 aliphatic heterocycles. The van der Waals surface area contributed by atoms with E-state index in [9.17, 15) is 4.79 Å². The third-order valence-corrected chi connectivity index (χ3v) is 2.76. The molecule has 0 aromatic heterocycles. The van der Waals surface area contributed by atoms with Crippen molar-refractivity contribution in [2.45, 2.75) is 27.2 Å². The monoisotopic (exact) mass is 249 g/mol. The van der Waals surface area contributed by atoms with Crippen LogP contribution in [0.1, 0.15) is 26.3 Å². The van der Waals surface area contributed by atoms with E-state index < -0.39 is 5.41 Å². The van der Waals surface area contributed by atoms with Crippen LogP contribution in [0.15, 0.2) is 30.3 Å². The van der Waals surface area contributed by atoms with E-state index in [0.717, 1.165) is 6.42 Å². The van der Waals surface area contributed by atoms with Crippen molar-refractivity contribution in [3.8, 4) is 0 Å². The van der Waals surface area contributed by atoms with Crippen LogP contribution in [0.2, 0.25) is 0 Å². The first kappa shape index (κ1) is 14.7. The van der Waals surface area contributed by atoms with Crippen LogP contribution in [-0.2, 0) is 16.0 Å². The van der Waals surface area contributed by atoms with Gasteiger partial charge in [-0.3, -0.25) is 4.79 Å². The Morgan fingerprint density at radius 2 is 1.89 bits per heavy atom. The fourth-order valence-electron chi connectivity index (χ4n) is 1.57. The molecule has 2 N–H and O–H groups in total. The van der Waals surface area contributed by atoms with Crippen molar-refractivity contribution >= 4 is 5.97 Å². The SMILES string of the molecule is CC(C)(C)C(=O)OC[C@@H](CN)Cc1ccccc1. The molecular weight excluding hydrogens is 226 g/mol. The Labute approximate surface area is 109 Å². The lowest BCUT2D eigenvalue weighted by atomic mass is 9.97. The van der Waals surface area contributed by atoms with Gasteiger partial charge in [-0.15, -0.1) is 0 Å². The molecule has 1 atom stereocenters. The van der Waals surface area contributed by atoms with Crippen molar-refractivity contribution in [3.05, 3.63) is 35.9 Å². The summed E-state index contributed by atoms with van der Waals surface area (Å²) in [5, 5.41) is 0. The fraction of sp³-hybridized carbons (Fsp3) is 0.533. The van der Waals surface area contributed by atoms with E-state index in [2.05, 4.69) is 12.1 Å². The molecule has 0 amide bonds.